The number of anilines is 1. The van der Waals surface area contributed by atoms with Crippen LogP contribution in [-0.4, -0.2) is 36.7 Å². The second-order valence-corrected chi connectivity index (χ2v) is 10.6. The molecule has 26 heavy (non-hydrogen) atoms. The number of hydrogen-bond donors (Lipinski definition) is 2. The Labute approximate surface area is 170 Å². The fourth-order valence-corrected chi connectivity index (χ4v) is 5.51. The first-order valence-electron chi connectivity index (χ1n) is 7.30. The van der Waals surface area contributed by atoms with Crippen LogP contribution in [0.5, 0.6) is 0 Å². The maximum Gasteiger partial charge on any atom is 0.280 e. The first-order chi connectivity index (χ1) is 12.2. The van der Waals surface area contributed by atoms with E-state index in [1.807, 2.05) is 0 Å². The quantitative estimate of drug-likeness (QED) is 0.641. The lowest BCUT2D eigenvalue weighted by Crippen LogP contribution is -2.55. The highest BCUT2D eigenvalue weighted by atomic mass is 79.9. The van der Waals surface area contributed by atoms with Gasteiger partial charge in [-0.15, -0.1) is 11.3 Å². The van der Waals surface area contributed by atoms with Crippen molar-refractivity contribution in [3.8, 4) is 0 Å². The second kappa shape index (κ2) is 7.60. The van der Waals surface area contributed by atoms with E-state index in [9.17, 15) is 17.6 Å². The monoisotopic (exact) mass is 526 g/mol. The second-order valence-electron chi connectivity index (χ2n) is 5.56. The van der Waals surface area contributed by atoms with Gasteiger partial charge >= 0.3 is 0 Å². The summed E-state index contributed by atoms with van der Waals surface area (Å²) in [4.78, 5) is 16.8. The highest BCUT2D eigenvalue weighted by Gasteiger charge is 2.41. The Kier molecular flexibility index (Phi) is 5.80. The number of aromatic nitrogens is 1. The lowest BCUT2D eigenvalue weighted by molar-refractivity contribution is -0.120. The average Bonchev–Trinajstić information content (AvgIpc) is 2.99. The molecule has 1 aromatic heterocycles. The lowest BCUT2D eigenvalue weighted by atomic mass is 10.1. The number of halogens is 3. The fraction of sp³-hybridized carbons (Fsp3) is 0.286. The minimum Gasteiger partial charge on any atom is -0.325 e. The van der Waals surface area contributed by atoms with E-state index >= 15 is 0 Å². The number of benzene rings is 1. The molecule has 1 aliphatic heterocycles. The van der Waals surface area contributed by atoms with E-state index in [0.717, 1.165) is 8.09 Å². The van der Waals surface area contributed by atoms with Crippen LogP contribution in [0.4, 0.5) is 10.1 Å². The van der Waals surface area contributed by atoms with Gasteiger partial charge in [-0.2, -0.15) is 17.4 Å². The largest absolute Gasteiger partial charge is 0.325 e. The molecule has 7 nitrogen and oxygen atoms in total. The third kappa shape index (κ3) is 4.15. The van der Waals surface area contributed by atoms with Gasteiger partial charge < -0.3 is 5.32 Å². The van der Waals surface area contributed by atoms with Crippen molar-refractivity contribution >= 4 is 65.0 Å². The fourth-order valence-electron chi connectivity index (χ4n) is 2.50. The van der Waals surface area contributed by atoms with Gasteiger partial charge in [-0.05, 0) is 56.5 Å². The molecule has 1 fully saturated rings. The zero-order chi connectivity index (χ0) is 19.1. The Balaban J connectivity index is 1.83. The van der Waals surface area contributed by atoms with E-state index in [0.29, 0.717) is 10.7 Å². The summed E-state index contributed by atoms with van der Waals surface area (Å²) in [6, 6.07) is 2.49. The van der Waals surface area contributed by atoms with Gasteiger partial charge in [0.25, 0.3) is 10.2 Å². The van der Waals surface area contributed by atoms with Crippen molar-refractivity contribution in [2.75, 3.05) is 12.4 Å². The number of carbonyl (C=O) groups is 1. The molecule has 0 saturated carbocycles. The highest BCUT2D eigenvalue weighted by Crippen LogP contribution is 2.32. The van der Waals surface area contributed by atoms with Crippen LogP contribution in [0.1, 0.15) is 17.5 Å². The van der Waals surface area contributed by atoms with E-state index in [1.165, 1.54) is 36.6 Å². The zero-order valence-corrected chi connectivity index (χ0v) is 18.0. The number of hydrogen-bond acceptors (Lipinski definition) is 5. The van der Waals surface area contributed by atoms with Crippen LogP contribution in [0, 0.1) is 5.82 Å². The van der Waals surface area contributed by atoms with Crippen molar-refractivity contribution in [1.82, 2.24) is 14.0 Å². The molecule has 1 amide bonds. The first-order valence-corrected chi connectivity index (χ1v) is 11.1. The maximum atomic E-state index is 13.3. The SMILES string of the molecule is CN1C(C(=O)Nc2ccc(F)c(Br)c2)CC(c2ncc(Br)s2)NS1(=O)=O. The van der Waals surface area contributed by atoms with Crippen LogP contribution in [0.15, 0.2) is 32.7 Å². The first kappa shape index (κ1) is 19.8. The molecule has 0 radical (unpaired) electrons. The minimum atomic E-state index is -3.85. The molecule has 12 heteroatoms. The molecule has 1 saturated heterocycles. The molecule has 3 rings (SSSR count). The van der Waals surface area contributed by atoms with Crippen molar-refractivity contribution < 1.29 is 17.6 Å². The number of rotatable bonds is 3. The topological polar surface area (TPSA) is 91.4 Å². The number of nitrogens with zero attached hydrogens (tertiary/aromatic N) is 2. The van der Waals surface area contributed by atoms with Gasteiger partial charge in [-0.1, -0.05) is 0 Å². The van der Waals surface area contributed by atoms with E-state index in [2.05, 4.69) is 46.9 Å². The number of amides is 1. The maximum absolute atomic E-state index is 13.3. The van der Waals surface area contributed by atoms with Gasteiger partial charge in [0.1, 0.15) is 16.9 Å². The van der Waals surface area contributed by atoms with Gasteiger partial charge in [-0.3, -0.25) is 4.79 Å². The lowest BCUT2D eigenvalue weighted by Gasteiger charge is -2.35. The Morgan fingerprint density at radius 2 is 2.19 bits per heavy atom. The van der Waals surface area contributed by atoms with Crippen LogP contribution in [0.3, 0.4) is 0 Å². The van der Waals surface area contributed by atoms with Crippen molar-refractivity contribution in [3.05, 3.63) is 43.5 Å². The molecule has 2 N–H and O–H groups in total. The summed E-state index contributed by atoms with van der Waals surface area (Å²) in [5.74, 6) is -0.962. The molecule has 2 aromatic rings. The molecular weight excluding hydrogens is 515 g/mol. The van der Waals surface area contributed by atoms with Gasteiger partial charge in [0.2, 0.25) is 5.91 Å². The third-order valence-corrected chi connectivity index (χ3v) is 7.64. The van der Waals surface area contributed by atoms with Crippen molar-refractivity contribution in [2.24, 2.45) is 0 Å². The van der Waals surface area contributed by atoms with Crippen LogP contribution < -0.4 is 10.0 Å². The number of nitrogens with one attached hydrogen (secondary N) is 2. The summed E-state index contributed by atoms with van der Waals surface area (Å²) in [6.07, 6.45) is 1.79. The summed E-state index contributed by atoms with van der Waals surface area (Å²) in [5, 5.41) is 3.19. The van der Waals surface area contributed by atoms with E-state index in [-0.39, 0.29) is 10.9 Å². The van der Waals surface area contributed by atoms with Crippen molar-refractivity contribution in [3.63, 3.8) is 0 Å². The predicted molar refractivity (Wildman–Crippen MR) is 104 cm³/mol. The van der Waals surface area contributed by atoms with Crippen LogP contribution in [-0.2, 0) is 15.0 Å². The summed E-state index contributed by atoms with van der Waals surface area (Å²) in [6.45, 7) is 0. The Hall–Kier alpha value is -0.920. The van der Waals surface area contributed by atoms with Crippen LogP contribution >= 0.6 is 43.2 Å². The predicted octanol–water partition coefficient (Wildman–Crippen LogP) is 3.03. The Bertz CT molecular complexity index is 953. The molecule has 0 spiro atoms. The Morgan fingerprint density at radius 3 is 2.81 bits per heavy atom. The minimum absolute atomic E-state index is 0.201. The number of carbonyl (C=O) groups excluding carboxylic acids is 1. The zero-order valence-electron chi connectivity index (χ0n) is 13.2. The molecule has 0 aliphatic carbocycles. The third-order valence-electron chi connectivity index (χ3n) is 3.85. The van der Waals surface area contributed by atoms with E-state index < -0.39 is 34.0 Å². The van der Waals surface area contributed by atoms with Crippen molar-refractivity contribution in [1.29, 1.82) is 0 Å². The molecule has 1 aromatic carbocycles. The summed E-state index contributed by atoms with van der Waals surface area (Å²) in [7, 11) is -2.51. The van der Waals surface area contributed by atoms with E-state index in [1.54, 1.807) is 6.20 Å². The van der Waals surface area contributed by atoms with Crippen molar-refractivity contribution in [2.45, 2.75) is 18.5 Å². The summed E-state index contributed by atoms with van der Waals surface area (Å²) >= 11 is 7.64. The van der Waals surface area contributed by atoms with E-state index in [4.69, 9.17) is 0 Å². The molecular formula is C14H13Br2FN4O3S2. The molecule has 2 atom stereocenters. The van der Waals surface area contributed by atoms with Crippen LogP contribution in [0.2, 0.25) is 0 Å². The smallest absolute Gasteiger partial charge is 0.280 e. The molecule has 0 bridgehead atoms. The molecule has 140 valence electrons. The summed E-state index contributed by atoms with van der Waals surface area (Å²) < 4.78 is 42.6. The average molecular weight is 528 g/mol. The Morgan fingerprint density at radius 1 is 1.46 bits per heavy atom. The molecule has 2 unspecified atom stereocenters. The van der Waals surface area contributed by atoms with Gasteiger partial charge in [-0.25, -0.2) is 9.37 Å². The standard InChI is InChI=1S/C14H13Br2FN4O3S2/c1-21-11(13(22)19-7-2-3-9(17)8(15)4-7)5-10(20-26(21,23)24)14-18-6-12(16)25-14/h2-4,6,10-11,20H,5H2,1H3,(H,19,22). The normalized spacial score (nSPS) is 22.9. The molecule has 1 aliphatic rings. The van der Waals surface area contributed by atoms with Crippen LogP contribution in [0.25, 0.3) is 0 Å². The number of thiazole rings is 1. The van der Waals surface area contributed by atoms with Gasteiger partial charge in [0, 0.05) is 12.7 Å². The van der Waals surface area contributed by atoms with Gasteiger partial charge in [0.15, 0.2) is 0 Å². The number of likely N-dealkylation sites (N-methyl/N-ethyl adjacent to an activating group) is 1. The molecule has 2 heterocycles. The van der Waals surface area contributed by atoms with Gasteiger partial charge in [0.05, 0.1) is 20.5 Å². The highest BCUT2D eigenvalue weighted by molar-refractivity contribution is 9.11. The summed E-state index contributed by atoms with van der Waals surface area (Å²) in [5.41, 5.74) is 0.362.